The van der Waals surface area contributed by atoms with Gasteiger partial charge in [-0.05, 0) is 53.9 Å². The summed E-state index contributed by atoms with van der Waals surface area (Å²) in [6, 6.07) is 0. The Kier molecular flexibility index (Phi) is 14.4. The summed E-state index contributed by atoms with van der Waals surface area (Å²) in [5, 5.41) is 0. The van der Waals surface area contributed by atoms with E-state index in [4.69, 9.17) is 0 Å². The lowest BCUT2D eigenvalue weighted by atomic mass is 10.1. The fourth-order valence-electron chi connectivity index (χ4n) is 1.19. The lowest BCUT2D eigenvalue weighted by molar-refractivity contribution is 0.977. The van der Waals surface area contributed by atoms with Crippen LogP contribution in [0.25, 0.3) is 0 Å². The van der Waals surface area contributed by atoms with Crippen molar-refractivity contribution in [3.63, 3.8) is 0 Å². The molecule has 112 valence electrons. The van der Waals surface area contributed by atoms with Gasteiger partial charge in [0.2, 0.25) is 0 Å². The van der Waals surface area contributed by atoms with E-state index in [0.29, 0.717) is 0 Å². The summed E-state index contributed by atoms with van der Waals surface area (Å²) in [5.41, 5.74) is 5.11. The summed E-state index contributed by atoms with van der Waals surface area (Å²) < 4.78 is 0. The highest BCUT2D eigenvalue weighted by Crippen LogP contribution is 2.04. The van der Waals surface area contributed by atoms with Crippen LogP contribution in [0.2, 0.25) is 0 Å². The first kappa shape index (κ1) is 20.8. The molecular formula is C20H32. The van der Waals surface area contributed by atoms with Gasteiger partial charge in [0.1, 0.15) is 0 Å². The molecular weight excluding hydrogens is 240 g/mol. The van der Waals surface area contributed by atoms with Crippen LogP contribution in [0.4, 0.5) is 0 Å². The highest BCUT2D eigenvalue weighted by Gasteiger charge is 1.83. The van der Waals surface area contributed by atoms with Crippen LogP contribution in [-0.2, 0) is 0 Å². The van der Waals surface area contributed by atoms with Gasteiger partial charge in [-0.25, -0.2) is 0 Å². The zero-order valence-corrected chi connectivity index (χ0v) is 14.1. The Morgan fingerprint density at radius 2 is 1.30 bits per heavy atom. The van der Waals surface area contributed by atoms with E-state index in [1.54, 1.807) is 0 Å². The molecule has 0 aliphatic carbocycles. The summed E-state index contributed by atoms with van der Waals surface area (Å²) in [6.45, 7) is 21.6. The quantitative estimate of drug-likeness (QED) is 0.347. The average molecular weight is 272 g/mol. The summed E-state index contributed by atoms with van der Waals surface area (Å²) in [6.07, 6.45) is 13.5. The third kappa shape index (κ3) is 18.8. The van der Waals surface area contributed by atoms with Crippen LogP contribution < -0.4 is 0 Å². The van der Waals surface area contributed by atoms with Crippen LogP contribution in [0.5, 0.6) is 0 Å². The molecule has 0 heterocycles. The summed E-state index contributed by atoms with van der Waals surface area (Å²) in [4.78, 5) is 0. The Morgan fingerprint density at radius 3 is 1.70 bits per heavy atom. The number of rotatable bonds is 7. The van der Waals surface area contributed by atoms with Crippen molar-refractivity contribution in [3.05, 3.63) is 72.4 Å². The normalized spacial score (nSPS) is 11.1. The van der Waals surface area contributed by atoms with Crippen molar-refractivity contribution in [2.24, 2.45) is 0 Å². The maximum atomic E-state index is 3.82. The van der Waals surface area contributed by atoms with Crippen molar-refractivity contribution in [2.75, 3.05) is 0 Å². The molecule has 0 radical (unpaired) electrons. The van der Waals surface area contributed by atoms with Crippen molar-refractivity contribution < 1.29 is 0 Å². The van der Waals surface area contributed by atoms with E-state index >= 15 is 0 Å². The van der Waals surface area contributed by atoms with Crippen LogP contribution in [0.3, 0.4) is 0 Å². The van der Waals surface area contributed by atoms with Gasteiger partial charge in [0.05, 0.1) is 0 Å². The number of hydrogen-bond acceptors (Lipinski definition) is 0. The fourth-order valence-corrected chi connectivity index (χ4v) is 1.19. The topological polar surface area (TPSA) is 0 Å². The van der Waals surface area contributed by atoms with Crippen molar-refractivity contribution in [1.29, 1.82) is 0 Å². The minimum Gasteiger partial charge on any atom is -0.100 e. The standard InChI is InChI=1S/2C10H16/c2*1-5-10(4)8-6-7-9(2)3/h5,7-8H,1,6H2,2-4H3;5,8H,1-2,6-7H2,3-4H3/b2*10-8+. The second-order valence-electron chi connectivity index (χ2n) is 5.32. The van der Waals surface area contributed by atoms with Crippen molar-refractivity contribution >= 4 is 0 Å². The van der Waals surface area contributed by atoms with Gasteiger partial charge in [-0.15, -0.1) is 6.58 Å². The van der Waals surface area contributed by atoms with Gasteiger partial charge in [-0.3, -0.25) is 0 Å². The first-order chi connectivity index (χ1) is 9.33. The Labute approximate surface area is 127 Å². The summed E-state index contributed by atoms with van der Waals surface area (Å²) in [5.74, 6) is 0. The van der Waals surface area contributed by atoms with E-state index in [-0.39, 0.29) is 0 Å². The Hall–Kier alpha value is -1.56. The minimum atomic E-state index is 1.03. The molecule has 0 heteroatoms. The second kappa shape index (κ2) is 13.9. The molecule has 20 heavy (non-hydrogen) atoms. The van der Waals surface area contributed by atoms with E-state index < -0.39 is 0 Å². The lowest BCUT2D eigenvalue weighted by Gasteiger charge is -1.93. The number of hydrogen-bond donors (Lipinski definition) is 0. The van der Waals surface area contributed by atoms with E-state index in [0.717, 1.165) is 19.3 Å². The molecule has 0 fully saturated rings. The second-order valence-corrected chi connectivity index (χ2v) is 5.32. The first-order valence-electron chi connectivity index (χ1n) is 7.19. The zero-order valence-electron chi connectivity index (χ0n) is 14.1. The smallest absolute Gasteiger partial charge is 0.0161 e. The Morgan fingerprint density at radius 1 is 0.800 bits per heavy atom. The Balaban J connectivity index is 0. The largest absolute Gasteiger partial charge is 0.100 e. The van der Waals surface area contributed by atoms with E-state index in [9.17, 15) is 0 Å². The monoisotopic (exact) mass is 272 g/mol. The van der Waals surface area contributed by atoms with Crippen LogP contribution in [-0.4, -0.2) is 0 Å². The fraction of sp³-hybridized carbons (Fsp3) is 0.400. The van der Waals surface area contributed by atoms with Crippen LogP contribution in [0, 0.1) is 0 Å². The molecule has 0 bridgehead atoms. The molecule has 0 saturated carbocycles. The molecule has 0 aliphatic rings. The molecule has 0 rings (SSSR count). The van der Waals surface area contributed by atoms with Gasteiger partial charge in [-0.1, -0.05) is 65.8 Å². The highest BCUT2D eigenvalue weighted by molar-refractivity contribution is 5.14. The minimum absolute atomic E-state index is 1.03. The molecule has 0 N–H and O–H groups in total. The van der Waals surface area contributed by atoms with Gasteiger partial charge >= 0.3 is 0 Å². The molecule has 0 aromatic rings. The van der Waals surface area contributed by atoms with Gasteiger partial charge in [0.25, 0.3) is 0 Å². The van der Waals surface area contributed by atoms with Gasteiger partial charge in [0.15, 0.2) is 0 Å². The molecule has 0 saturated heterocycles. The van der Waals surface area contributed by atoms with Crippen molar-refractivity contribution in [2.45, 2.75) is 53.9 Å². The molecule has 0 unspecified atom stereocenters. The summed E-state index contributed by atoms with van der Waals surface area (Å²) >= 11 is 0. The zero-order chi connectivity index (χ0) is 16.0. The van der Waals surface area contributed by atoms with Crippen molar-refractivity contribution in [1.82, 2.24) is 0 Å². The predicted molar refractivity (Wildman–Crippen MR) is 96.0 cm³/mol. The van der Waals surface area contributed by atoms with E-state index in [1.165, 1.54) is 22.3 Å². The van der Waals surface area contributed by atoms with E-state index in [2.05, 4.69) is 72.6 Å². The third-order valence-electron chi connectivity index (χ3n) is 2.65. The Bertz CT molecular complexity index is 382. The van der Waals surface area contributed by atoms with Crippen LogP contribution in [0.1, 0.15) is 53.9 Å². The van der Waals surface area contributed by atoms with Gasteiger partial charge in [-0.2, -0.15) is 0 Å². The maximum Gasteiger partial charge on any atom is -0.0161 e. The van der Waals surface area contributed by atoms with Gasteiger partial charge in [0, 0.05) is 0 Å². The first-order valence-corrected chi connectivity index (χ1v) is 7.19. The SMILES string of the molecule is C=C/C(C)=C/CC=C(C)C.C=C/C(C)=C/CCC(=C)C. The van der Waals surface area contributed by atoms with Gasteiger partial charge < -0.3 is 0 Å². The number of allylic oxidation sites excluding steroid dienone is 9. The summed E-state index contributed by atoms with van der Waals surface area (Å²) in [7, 11) is 0. The lowest BCUT2D eigenvalue weighted by Crippen LogP contribution is -1.73. The highest BCUT2D eigenvalue weighted by atomic mass is 13.9. The molecule has 0 nitrogen and oxygen atoms in total. The molecule has 0 aliphatic heterocycles. The van der Waals surface area contributed by atoms with Crippen LogP contribution in [0.15, 0.2) is 72.4 Å². The molecule has 0 aromatic heterocycles. The molecule has 0 amide bonds. The average Bonchev–Trinajstić information content (AvgIpc) is 2.38. The third-order valence-corrected chi connectivity index (χ3v) is 2.65. The van der Waals surface area contributed by atoms with E-state index in [1.807, 2.05) is 12.2 Å². The molecule has 0 atom stereocenters. The van der Waals surface area contributed by atoms with Crippen molar-refractivity contribution in [3.8, 4) is 0 Å². The molecule has 0 spiro atoms. The maximum absolute atomic E-state index is 3.82. The molecule has 0 aromatic carbocycles. The van der Waals surface area contributed by atoms with Crippen LogP contribution >= 0.6 is 0 Å². The predicted octanol–water partition coefficient (Wildman–Crippen LogP) is 6.95.